The fraction of sp³-hybridized carbons (Fsp3) is 0.375. The minimum atomic E-state index is 0.489. The normalized spacial score (nSPS) is 13.9. The van der Waals surface area contributed by atoms with Crippen molar-refractivity contribution in [1.29, 1.82) is 5.26 Å². The van der Waals surface area contributed by atoms with E-state index in [-0.39, 0.29) is 0 Å². The molecule has 0 atom stereocenters. The van der Waals surface area contributed by atoms with Crippen molar-refractivity contribution in [2.45, 2.75) is 31.6 Å². The number of hydrogen-bond donors (Lipinski definition) is 0. The number of hydrogen-bond acceptors (Lipinski definition) is 4. The van der Waals surface area contributed by atoms with E-state index in [9.17, 15) is 0 Å². The van der Waals surface area contributed by atoms with Gasteiger partial charge in [0.1, 0.15) is 5.75 Å². The van der Waals surface area contributed by atoms with Gasteiger partial charge in [-0.3, -0.25) is 0 Å². The SMILES string of the molecule is N#CCc1sc(CCOc2ccccc2)nc1C1CC1. The van der Waals surface area contributed by atoms with Crippen LogP contribution >= 0.6 is 11.3 Å². The number of thiazole rings is 1. The Hall–Kier alpha value is -1.86. The van der Waals surface area contributed by atoms with E-state index in [1.807, 2.05) is 30.3 Å². The first-order valence-electron chi connectivity index (χ1n) is 6.90. The Kier molecular flexibility index (Phi) is 3.98. The molecule has 20 heavy (non-hydrogen) atoms. The Morgan fingerprint density at radius 3 is 2.80 bits per heavy atom. The molecule has 3 nitrogen and oxygen atoms in total. The van der Waals surface area contributed by atoms with Gasteiger partial charge in [-0.15, -0.1) is 11.3 Å². The average molecular weight is 284 g/mol. The van der Waals surface area contributed by atoms with Crippen LogP contribution in [-0.2, 0) is 12.8 Å². The van der Waals surface area contributed by atoms with Crippen LogP contribution in [0.1, 0.15) is 34.3 Å². The summed E-state index contributed by atoms with van der Waals surface area (Å²) in [6, 6.07) is 12.1. The predicted octanol–water partition coefficient (Wildman–Crippen LogP) is 3.71. The Morgan fingerprint density at radius 1 is 1.30 bits per heavy atom. The molecule has 0 bridgehead atoms. The molecule has 1 aromatic carbocycles. The first kappa shape index (κ1) is 13.1. The molecular formula is C16H16N2OS. The van der Waals surface area contributed by atoms with Crippen LogP contribution in [0.25, 0.3) is 0 Å². The summed E-state index contributed by atoms with van der Waals surface area (Å²) >= 11 is 1.67. The molecule has 2 aromatic rings. The number of aromatic nitrogens is 1. The molecule has 0 aliphatic heterocycles. The molecule has 1 saturated carbocycles. The van der Waals surface area contributed by atoms with E-state index in [4.69, 9.17) is 15.0 Å². The van der Waals surface area contributed by atoms with Crippen molar-refractivity contribution < 1.29 is 4.74 Å². The highest BCUT2D eigenvalue weighted by Crippen LogP contribution is 2.42. The highest BCUT2D eigenvalue weighted by molar-refractivity contribution is 7.11. The van der Waals surface area contributed by atoms with Crippen LogP contribution in [-0.4, -0.2) is 11.6 Å². The molecule has 3 rings (SSSR count). The zero-order valence-corrected chi connectivity index (χ0v) is 12.0. The van der Waals surface area contributed by atoms with E-state index in [0.29, 0.717) is 18.9 Å². The van der Waals surface area contributed by atoms with E-state index in [0.717, 1.165) is 22.1 Å². The summed E-state index contributed by atoms with van der Waals surface area (Å²) in [6.07, 6.45) is 3.75. The lowest BCUT2D eigenvalue weighted by Gasteiger charge is -2.03. The summed E-state index contributed by atoms with van der Waals surface area (Å²) in [4.78, 5) is 5.87. The van der Waals surface area contributed by atoms with E-state index in [1.165, 1.54) is 18.5 Å². The zero-order valence-electron chi connectivity index (χ0n) is 11.2. The number of nitriles is 1. The molecule has 0 unspecified atom stereocenters. The molecule has 1 fully saturated rings. The lowest BCUT2D eigenvalue weighted by atomic mass is 10.2. The van der Waals surface area contributed by atoms with Gasteiger partial charge in [0.25, 0.3) is 0 Å². The topological polar surface area (TPSA) is 45.9 Å². The fourth-order valence-corrected chi connectivity index (χ4v) is 3.24. The van der Waals surface area contributed by atoms with Gasteiger partial charge in [0.15, 0.2) is 0 Å². The van der Waals surface area contributed by atoms with Gasteiger partial charge in [-0.2, -0.15) is 5.26 Å². The van der Waals surface area contributed by atoms with Gasteiger partial charge in [-0.1, -0.05) is 18.2 Å². The van der Waals surface area contributed by atoms with E-state index < -0.39 is 0 Å². The molecule has 1 aliphatic carbocycles. The van der Waals surface area contributed by atoms with Crippen LogP contribution in [0, 0.1) is 11.3 Å². The minimum absolute atomic E-state index is 0.489. The molecule has 1 aliphatic rings. The van der Waals surface area contributed by atoms with Crippen LogP contribution in [0.5, 0.6) is 5.75 Å². The van der Waals surface area contributed by atoms with Gasteiger partial charge in [0, 0.05) is 17.2 Å². The summed E-state index contributed by atoms with van der Waals surface area (Å²) in [5.41, 5.74) is 1.17. The third-order valence-electron chi connectivity index (χ3n) is 3.30. The van der Waals surface area contributed by atoms with E-state index in [2.05, 4.69) is 6.07 Å². The first-order valence-corrected chi connectivity index (χ1v) is 7.71. The summed E-state index contributed by atoms with van der Waals surface area (Å²) < 4.78 is 5.70. The van der Waals surface area contributed by atoms with Gasteiger partial charge in [0.05, 0.1) is 29.8 Å². The molecule has 0 spiro atoms. The van der Waals surface area contributed by atoms with Crippen molar-refractivity contribution >= 4 is 11.3 Å². The second-order valence-electron chi connectivity index (χ2n) is 4.94. The summed E-state index contributed by atoms with van der Waals surface area (Å²) in [5, 5.41) is 9.98. The number of ether oxygens (including phenoxy) is 1. The lowest BCUT2D eigenvalue weighted by molar-refractivity contribution is 0.321. The van der Waals surface area contributed by atoms with Gasteiger partial charge >= 0.3 is 0 Å². The molecule has 4 heteroatoms. The summed E-state index contributed by atoms with van der Waals surface area (Å²) in [7, 11) is 0. The smallest absolute Gasteiger partial charge is 0.119 e. The molecule has 0 saturated heterocycles. The molecule has 0 N–H and O–H groups in total. The molecule has 102 valence electrons. The maximum atomic E-state index is 8.88. The minimum Gasteiger partial charge on any atom is -0.493 e. The fourth-order valence-electron chi connectivity index (χ4n) is 2.17. The second-order valence-corrected chi connectivity index (χ2v) is 6.10. The van der Waals surface area contributed by atoms with Crippen LogP contribution in [0.2, 0.25) is 0 Å². The highest BCUT2D eigenvalue weighted by atomic mass is 32.1. The van der Waals surface area contributed by atoms with Gasteiger partial charge in [-0.05, 0) is 25.0 Å². The standard InChI is InChI=1S/C16H16N2OS/c17-10-8-14-16(12-6-7-12)18-15(20-14)9-11-19-13-4-2-1-3-5-13/h1-5,12H,6-9,11H2. The Morgan fingerprint density at radius 2 is 2.10 bits per heavy atom. The van der Waals surface area contributed by atoms with Crippen LogP contribution in [0.3, 0.4) is 0 Å². The number of para-hydroxylation sites is 1. The Labute approximate surface area is 122 Å². The van der Waals surface area contributed by atoms with E-state index >= 15 is 0 Å². The quantitative estimate of drug-likeness (QED) is 0.812. The Bertz CT molecular complexity index is 611. The van der Waals surface area contributed by atoms with Gasteiger partial charge in [0.2, 0.25) is 0 Å². The second kappa shape index (κ2) is 6.06. The number of rotatable bonds is 6. The first-order chi connectivity index (χ1) is 9.86. The molecule has 1 heterocycles. The molecular weight excluding hydrogens is 268 g/mol. The molecule has 0 radical (unpaired) electrons. The van der Waals surface area contributed by atoms with Gasteiger partial charge < -0.3 is 4.74 Å². The molecule has 1 aromatic heterocycles. The number of benzene rings is 1. The largest absolute Gasteiger partial charge is 0.493 e. The van der Waals surface area contributed by atoms with Crippen LogP contribution in [0.4, 0.5) is 0 Å². The monoisotopic (exact) mass is 284 g/mol. The third kappa shape index (κ3) is 3.17. The van der Waals surface area contributed by atoms with Crippen molar-refractivity contribution in [2.75, 3.05) is 6.61 Å². The maximum absolute atomic E-state index is 8.88. The summed E-state index contributed by atoms with van der Waals surface area (Å²) in [6.45, 7) is 0.633. The zero-order chi connectivity index (χ0) is 13.8. The number of nitrogens with zero attached hydrogens (tertiary/aromatic N) is 2. The van der Waals surface area contributed by atoms with Crippen LogP contribution < -0.4 is 4.74 Å². The molecule has 0 amide bonds. The lowest BCUT2D eigenvalue weighted by Crippen LogP contribution is -2.01. The maximum Gasteiger partial charge on any atom is 0.119 e. The third-order valence-corrected chi connectivity index (χ3v) is 4.43. The van der Waals surface area contributed by atoms with Crippen LogP contribution in [0.15, 0.2) is 30.3 Å². The van der Waals surface area contributed by atoms with Crippen molar-refractivity contribution in [2.24, 2.45) is 0 Å². The van der Waals surface area contributed by atoms with Crippen molar-refractivity contribution in [3.8, 4) is 11.8 Å². The Balaban J connectivity index is 1.60. The predicted molar refractivity (Wildman–Crippen MR) is 79.0 cm³/mol. The average Bonchev–Trinajstić information content (AvgIpc) is 3.24. The summed E-state index contributed by atoms with van der Waals surface area (Å²) in [5.74, 6) is 1.50. The van der Waals surface area contributed by atoms with Crippen molar-refractivity contribution in [3.05, 3.63) is 45.9 Å². The van der Waals surface area contributed by atoms with Gasteiger partial charge in [-0.25, -0.2) is 4.98 Å². The van der Waals surface area contributed by atoms with Crippen molar-refractivity contribution in [1.82, 2.24) is 4.98 Å². The van der Waals surface area contributed by atoms with E-state index in [1.54, 1.807) is 11.3 Å². The van der Waals surface area contributed by atoms with Crippen molar-refractivity contribution in [3.63, 3.8) is 0 Å². The highest BCUT2D eigenvalue weighted by Gasteiger charge is 2.29.